The van der Waals surface area contributed by atoms with Crippen LogP contribution in [0.2, 0.25) is 0 Å². The zero-order chi connectivity index (χ0) is 11.5. The van der Waals surface area contributed by atoms with Crippen LogP contribution in [-0.4, -0.2) is 23.1 Å². The number of ether oxygens (including phenoxy) is 1. The highest BCUT2D eigenvalue weighted by molar-refractivity contribution is 6.21. The molecule has 2 nitrogen and oxygen atoms in total. The summed E-state index contributed by atoms with van der Waals surface area (Å²) < 4.78 is 5.71. The summed E-state index contributed by atoms with van der Waals surface area (Å²) in [6, 6.07) is 5.95. The molecule has 0 amide bonds. The first-order chi connectivity index (χ1) is 7.70. The van der Waals surface area contributed by atoms with Gasteiger partial charge >= 0.3 is 0 Å². The van der Waals surface area contributed by atoms with Gasteiger partial charge in [0.1, 0.15) is 0 Å². The van der Waals surface area contributed by atoms with Crippen LogP contribution in [0, 0.1) is 5.92 Å². The minimum atomic E-state index is 0.00685. The SMILES string of the molecule is CC1CCOC1C(Cl)C(C)c1ccccn1. The van der Waals surface area contributed by atoms with E-state index in [0.717, 1.165) is 18.7 Å². The summed E-state index contributed by atoms with van der Waals surface area (Å²) in [4.78, 5) is 4.36. The van der Waals surface area contributed by atoms with Crippen LogP contribution in [0.3, 0.4) is 0 Å². The second kappa shape index (κ2) is 5.15. The molecule has 16 heavy (non-hydrogen) atoms. The number of hydrogen-bond donors (Lipinski definition) is 0. The molecule has 1 fully saturated rings. The smallest absolute Gasteiger partial charge is 0.0771 e. The monoisotopic (exact) mass is 239 g/mol. The Morgan fingerprint density at radius 2 is 2.31 bits per heavy atom. The van der Waals surface area contributed by atoms with E-state index in [0.29, 0.717) is 5.92 Å². The van der Waals surface area contributed by atoms with Crippen molar-refractivity contribution in [1.82, 2.24) is 4.98 Å². The molecule has 1 aliphatic heterocycles. The Balaban J connectivity index is 2.07. The van der Waals surface area contributed by atoms with Crippen molar-refractivity contribution in [2.75, 3.05) is 6.61 Å². The van der Waals surface area contributed by atoms with Gasteiger partial charge in [-0.1, -0.05) is 19.9 Å². The summed E-state index contributed by atoms with van der Waals surface area (Å²) in [5, 5.41) is 0.00685. The fourth-order valence-corrected chi connectivity index (χ4v) is 2.67. The van der Waals surface area contributed by atoms with Crippen molar-refractivity contribution in [2.24, 2.45) is 5.92 Å². The maximum absolute atomic E-state index is 6.50. The fraction of sp³-hybridized carbons (Fsp3) is 0.615. The molecule has 0 radical (unpaired) electrons. The first-order valence-electron chi connectivity index (χ1n) is 5.86. The van der Waals surface area contributed by atoms with E-state index in [1.165, 1.54) is 0 Å². The van der Waals surface area contributed by atoms with Crippen LogP contribution in [-0.2, 0) is 4.74 Å². The number of pyridine rings is 1. The molecular weight excluding hydrogens is 222 g/mol. The quantitative estimate of drug-likeness (QED) is 0.756. The van der Waals surface area contributed by atoms with Gasteiger partial charge in [0.15, 0.2) is 0 Å². The largest absolute Gasteiger partial charge is 0.376 e. The number of hydrogen-bond acceptors (Lipinski definition) is 2. The Bertz CT molecular complexity index is 330. The molecule has 1 aromatic rings. The third-order valence-electron chi connectivity index (χ3n) is 3.39. The van der Waals surface area contributed by atoms with Gasteiger partial charge in [0.05, 0.1) is 11.5 Å². The topological polar surface area (TPSA) is 22.1 Å². The predicted octanol–water partition coefficient (Wildman–Crippen LogP) is 3.22. The molecule has 88 valence electrons. The van der Waals surface area contributed by atoms with Gasteiger partial charge in [-0.15, -0.1) is 11.6 Å². The van der Waals surface area contributed by atoms with Crippen LogP contribution in [0.1, 0.15) is 31.9 Å². The molecule has 2 heterocycles. The molecule has 0 aliphatic carbocycles. The van der Waals surface area contributed by atoms with E-state index in [-0.39, 0.29) is 17.4 Å². The van der Waals surface area contributed by atoms with Crippen molar-refractivity contribution in [3.8, 4) is 0 Å². The van der Waals surface area contributed by atoms with E-state index in [9.17, 15) is 0 Å². The number of halogens is 1. The van der Waals surface area contributed by atoms with E-state index in [1.54, 1.807) is 0 Å². The van der Waals surface area contributed by atoms with Crippen molar-refractivity contribution < 1.29 is 4.74 Å². The van der Waals surface area contributed by atoms with Crippen molar-refractivity contribution >= 4 is 11.6 Å². The minimum Gasteiger partial charge on any atom is -0.376 e. The lowest BCUT2D eigenvalue weighted by Crippen LogP contribution is -2.30. The highest BCUT2D eigenvalue weighted by Crippen LogP contribution is 2.33. The molecule has 3 heteroatoms. The minimum absolute atomic E-state index is 0.00685. The highest BCUT2D eigenvalue weighted by Gasteiger charge is 2.34. The number of nitrogens with zero attached hydrogens (tertiary/aromatic N) is 1. The maximum Gasteiger partial charge on any atom is 0.0771 e. The Labute approximate surface area is 102 Å². The lowest BCUT2D eigenvalue weighted by molar-refractivity contribution is 0.0851. The van der Waals surface area contributed by atoms with Crippen molar-refractivity contribution in [2.45, 2.75) is 37.7 Å². The number of alkyl halides is 1. The molecule has 0 N–H and O–H groups in total. The second-order valence-corrected chi connectivity index (χ2v) is 5.09. The highest BCUT2D eigenvalue weighted by atomic mass is 35.5. The van der Waals surface area contributed by atoms with E-state index in [4.69, 9.17) is 16.3 Å². The first kappa shape index (κ1) is 11.9. The molecule has 1 aromatic heterocycles. The third kappa shape index (κ3) is 2.38. The summed E-state index contributed by atoms with van der Waals surface area (Å²) in [5.74, 6) is 0.780. The molecule has 4 atom stereocenters. The molecule has 2 rings (SSSR count). The normalized spacial score (nSPS) is 28.9. The van der Waals surface area contributed by atoms with Gasteiger partial charge in [-0.25, -0.2) is 0 Å². The van der Waals surface area contributed by atoms with Crippen LogP contribution in [0.15, 0.2) is 24.4 Å². The van der Waals surface area contributed by atoms with E-state index in [1.807, 2.05) is 24.4 Å². The van der Waals surface area contributed by atoms with Gasteiger partial charge in [0.2, 0.25) is 0 Å². The van der Waals surface area contributed by atoms with E-state index in [2.05, 4.69) is 18.8 Å². The molecule has 0 spiro atoms. The Morgan fingerprint density at radius 3 is 2.88 bits per heavy atom. The molecule has 0 aromatic carbocycles. The van der Waals surface area contributed by atoms with Crippen LogP contribution < -0.4 is 0 Å². The van der Waals surface area contributed by atoms with Gasteiger partial charge in [-0.3, -0.25) is 4.98 Å². The summed E-state index contributed by atoms with van der Waals surface area (Å²) in [7, 11) is 0. The van der Waals surface area contributed by atoms with Crippen LogP contribution >= 0.6 is 11.6 Å². The van der Waals surface area contributed by atoms with Gasteiger partial charge in [-0.05, 0) is 24.5 Å². The average Bonchev–Trinajstić information content (AvgIpc) is 2.75. The van der Waals surface area contributed by atoms with Gasteiger partial charge in [0, 0.05) is 24.4 Å². The molecule has 1 aliphatic rings. The lowest BCUT2D eigenvalue weighted by Gasteiger charge is -2.25. The van der Waals surface area contributed by atoms with Crippen molar-refractivity contribution in [3.63, 3.8) is 0 Å². The predicted molar refractivity (Wildman–Crippen MR) is 65.8 cm³/mol. The number of rotatable bonds is 3. The van der Waals surface area contributed by atoms with Crippen LogP contribution in [0.25, 0.3) is 0 Å². The van der Waals surface area contributed by atoms with Gasteiger partial charge in [0.25, 0.3) is 0 Å². The second-order valence-electron chi connectivity index (χ2n) is 4.59. The third-order valence-corrected chi connectivity index (χ3v) is 4.02. The average molecular weight is 240 g/mol. The zero-order valence-corrected chi connectivity index (χ0v) is 10.5. The maximum atomic E-state index is 6.50. The lowest BCUT2D eigenvalue weighted by atomic mass is 9.92. The molecule has 0 bridgehead atoms. The van der Waals surface area contributed by atoms with E-state index < -0.39 is 0 Å². The van der Waals surface area contributed by atoms with Crippen LogP contribution in [0.4, 0.5) is 0 Å². The molecule has 1 saturated heterocycles. The standard InChI is InChI=1S/C13H18ClNO/c1-9-6-8-16-13(9)12(14)10(2)11-5-3-4-7-15-11/h3-5,7,9-10,12-13H,6,8H2,1-2H3. The summed E-state index contributed by atoms with van der Waals surface area (Å²) in [5.41, 5.74) is 1.05. The molecule has 0 saturated carbocycles. The zero-order valence-electron chi connectivity index (χ0n) is 9.77. The Morgan fingerprint density at radius 1 is 1.50 bits per heavy atom. The summed E-state index contributed by atoms with van der Waals surface area (Å²) in [6.45, 7) is 5.16. The number of aromatic nitrogens is 1. The van der Waals surface area contributed by atoms with Gasteiger partial charge < -0.3 is 4.74 Å². The van der Waals surface area contributed by atoms with E-state index >= 15 is 0 Å². The summed E-state index contributed by atoms with van der Waals surface area (Å²) >= 11 is 6.50. The Hall–Kier alpha value is -0.600. The first-order valence-corrected chi connectivity index (χ1v) is 6.30. The van der Waals surface area contributed by atoms with Crippen molar-refractivity contribution in [3.05, 3.63) is 30.1 Å². The van der Waals surface area contributed by atoms with Crippen molar-refractivity contribution in [1.29, 1.82) is 0 Å². The van der Waals surface area contributed by atoms with Crippen LogP contribution in [0.5, 0.6) is 0 Å². The van der Waals surface area contributed by atoms with Gasteiger partial charge in [-0.2, -0.15) is 0 Å². The summed E-state index contributed by atoms with van der Waals surface area (Å²) in [6.07, 6.45) is 3.09. The molecule has 4 unspecified atom stereocenters. The fourth-order valence-electron chi connectivity index (χ4n) is 2.22. The Kier molecular flexibility index (Phi) is 3.82. The molecular formula is C13H18ClNO.